The summed E-state index contributed by atoms with van der Waals surface area (Å²) >= 11 is 0. The fourth-order valence-corrected chi connectivity index (χ4v) is 4.08. The Balaban J connectivity index is 1.70. The van der Waals surface area contributed by atoms with Gasteiger partial charge in [0, 0.05) is 25.3 Å². The molecular weight excluding hydrogens is 412 g/mol. The fourth-order valence-electron chi connectivity index (χ4n) is 4.08. The number of rotatable bonds is 6. The monoisotopic (exact) mass is 446 g/mol. The normalized spacial score (nSPS) is 22.7. The van der Waals surface area contributed by atoms with Gasteiger partial charge in [0.05, 0.1) is 24.1 Å². The van der Waals surface area contributed by atoms with E-state index in [-0.39, 0.29) is 48.7 Å². The van der Waals surface area contributed by atoms with Crippen LogP contribution in [0.3, 0.4) is 0 Å². The minimum atomic E-state index is -0.331. The molecule has 3 rings (SSSR count). The SMILES string of the molecule is CCCNC(=O)C[C@H]1CC[C@H]2[C@@H](COc3ccc(NC(=O)NC(C)C)cc3C(=O)N2C)O1. The fraction of sp³-hybridized carbons (Fsp3) is 0.609. The van der Waals surface area contributed by atoms with Gasteiger partial charge in [0.15, 0.2) is 0 Å². The number of ether oxygens (including phenoxy) is 2. The standard InChI is InChI=1S/C23H34N4O5/c1-5-10-24-21(28)12-16-7-8-18-20(32-16)13-31-19-9-6-15(26-23(30)25-14(2)3)11-17(19)22(29)27(18)4/h6,9,11,14,16,18,20H,5,7-8,10,12-13H2,1-4H3,(H,24,28)(H2,25,26,30)/t16-,18+,20-/m1/s1. The van der Waals surface area contributed by atoms with E-state index in [0.717, 1.165) is 12.8 Å². The van der Waals surface area contributed by atoms with Crippen LogP contribution in [0, 0.1) is 0 Å². The molecule has 0 aromatic heterocycles. The Morgan fingerprint density at radius 2 is 2.03 bits per heavy atom. The number of likely N-dealkylation sites (N-methyl/N-ethyl adjacent to an activating group) is 1. The van der Waals surface area contributed by atoms with Crippen molar-refractivity contribution in [3.8, 4) is 5.75 Å². The lowest BCUT2D eigenvalue weighted by Crippen LogP contribution is -2.54. The maximum Gasteiger partial charge on any atom is 0.319 e. The van der Waals surface area contributed by atoms with E-state index < -0.39 is 0 Å². The van der Waals surface area contributed by atoms with E-state index in [1.54, 1.807) is 30.1 Å². The van der Waals surface area contributed by atoms with E-state index in [4.69, 9.17) is 9.47 Å². The van der Waals surface area contributed by atoms with Crippen LogP contribution in [0.4, 0.5) is 10.5 Å². The van der Waals surface area contributed by atoms with E-state index in [9.17, 15) is 14.4 Å². The topological polar surface area (TPSA) is 109 Å². The molecule has 0 aliphatic carbocycles. The first kappa shape index (κ1) is 23.8. The van der Waals surface area contributed by atoms with Gasteiger partial charge in [0.1, 0.15) is 18.5 Å². The number of carbonyl (C=O) groups excluding carboxylic acids is 3. The van der Waals surface area contributed by atoms with Crippen molar-refractivity contribution >= 4 is 23.5 Å². The molecular formula is C23H34N4O5. The van der Waals surface area contributed by atoms with Crippen molar-refractivity contribution in [1.29, 1.82) is 0 Å². The van der Waals surface area contributed by atoms with Gasteiger partial charge in [0.25, 0.3) is 5.91 Å². The summed E-state index contributed by atoms with van der Waals surface area (Å²) in [6.45, 7) is 6.69. The van der Waals surface area contributed by atoms with Crippen molar-refractivity contribution in [2.45, 2.75) is 70.7 Å². The molecule has 9 nitrogen and oxygen atoms in total. The molecule has 1 aromatic carbocycles. The zero-order valence-electron chi connectivity index (χ0n) is 19.3. The maximum atomic E-state index is 13.2. The van der Waals surface area contributed by atoms with Crippen molar-refractivity contribution in [3.63, 3.8) is 0 Å². The highest BCUT2D eigenvalue weighted by Gasteiger charge is 2.39. The van der Waals surface area contributed by atoms with E-state index in [1.165, 1.54) is 0 Å². The molecule has 1 saturated heterocycles. The summed E-state index contributed by atoms with van der Waals surface area (Å²) in [5.74, 6) is 0.241. The van der Waals surface area contributed by atoms with E-state index in [1.807, 2.05) is 20.8 Å². The summed E-state index contributed by atoms with van der Waals surface area (Å²) in [5.41, 5.74) is 0.914. The molecule has 32 heavy (non-hydrogen) atoms. The second-order valence-corrected chi connectivity index (χ2v) is 8.69. The number of nitrogens with zero attached hydrogens (tertiary/aromatic N) is 1. The minimum absolute atomic E-state index is 0.000203. The van der Waals surface area contributed by atoms with Gasteiger partial charge < -0.3 is 30.3 Å². The van der Waals surface area contributed by atoms with Crippen LogP contribution in [-0.4, -0.2) is 67.2 Å². The van der Waals surface area contributed by atoms with Crippen molar-refractivity contribution < 1.29 is 23.9 Å². The average Bonchev–Trinajstić information content (AvgIpc) is 2.74. The highest BCUT2D eigenvalue weighted by Crippen LogP contribution is 2.32. The van der Waals surface area contributed by atoms with Gasteiger partial charge in [-0.15, -0.1) is 0 Å². The lowest BCUT2D eigenvalue weighted by molar-refractivity contribution is -0.134. The molecule has 4 amide bonds. The Morgan fingerprint density at radius 3 is 2.75 bits per heavy atom. The van der Waals surface area contributed by atoms with Crippen molar-refractivity contribution in [1.82, 2.24) is 15.5 Å². The number of anilines is 1. The van der Waals surface area contributed by atoms with E-state index in [0.29, 0.717) is 36.4 Å². The number of nitrogens with one attached hydrogen (secondary N) is 3. The summed E-state index contributed by atoms with van der Waals surface area (Å²) in [6.07, 6.45) is 2.12. The maximum absolute atomic E-state index is 13.2. The number of carbonyl (C=O) groups is 3. The molecule has 0 spiro atoms. The van der Waals surface area contributed by atoms with Gasteiger partial charge in [-0.25, -0.2) is 4.79 Å². The van der Waals surface area contributed by atoms with Crippen LogP contribution < -0.4 is 20.7 Å². The van der Waals surface area contributed by atoms with Crippen molar-refractivity contribution in [2.24, 2.45) is 0 Å². The second kappa shape index (κ2) is 10.7. The van der Waals surface area contributed by atoms with Crippen LogP contribution in [-0.2, 0) is 9.53 Å². The number of hydrogen-bond acceptors (Lipinski definition) is 5. The zero-order chi connectivity index (χ0) is 23.3. The first-order chi connectivity index (χ1) is 15.3. The molecule has 9 heteroatoms. The van der Waals surface area contributed by atoms with Crippen LogP contribution in [0.2, 0.25) is 0 Å². The summed E-state index contributed by atoms with van der Waals surface area (Å²) in [6, 6.07) is 4.55. The third-order valence-electron chi connectivity index (χ3n) is 5.67. The first-order valence-electron chi connectivity index (χ1n) is 11.3. The van der Waals surface area contributed by atoms with Gasteiger partial charge in [0.2, 0.25) is 5.91 Å². The van der Waals surface area contributed by atoms with Crippen LogP contribution in [0.15, 0.2) is 18.2 Å². The van der Waals surface area contributed by atoms with Gasteiger partial charge in [-0.05, 0) is 51.3 Å². The molecule has 176 valence electrons. The zero-order valence-corrected chi connectivity index (χ0v) is 19.3. The molecule has 0 unspecified atom stereocenters. The van der Waals surface area contributed by atoms with Crippen molar-refractivity contribution in [3.05, 3.63) is 23.8 Å². The smallest absolute Gasteiger partial charge is 0.319 e. The van der Waals surface area contributed by atoms with Gasteiger partial charge in [-0.1, -0.05) is 6.92 Å². The molecule has 0 radical (unpaired) electrons. The Kier molecular flexibility index (Phi) is 7.95. The molecule has 2 aliphatic rings. The lowest BCUT2D eigenvalue weighted by Gasteiger charge is -2.42. The molecule has 3 atom stereocenters. The summed E-state index contributed by atoms with van der Waals surface area (Å²) in [7, 11) is 1.76. The number of urea groups is 1. The first-order valence-corrected chi connectivity index (χ1v) is 11.3. The number of amides is 4. The van der Waals surface area contributed by atoms with Crippen LogP contribution >= 0.6 is 0 Å². The van der Waals surface area contributed by atoms with Crippen LogP contribution in [0.1, 0.15) is 56.8 Å². The summed E-state index contributed by atoms with van der Waals surface area (Å²) in [4.78, 5) is 39.0. The lowest BCUT2D eigenvalue weighted by atomic mass is 9.94. The molecule has 2 heterocycles. The number of fused-ring (bicyclic) bond motifs is 2. The van der Waals surface area contributed by atoms with Gasteiger partial charge in [-0.3, -0.25) is 9.59 Å². The highest BCUT2D eigenvalue weighted by atomic mass is 16.5. The van der Waals surface area contributed by atoms with Crippen molar-refractivity contribution in [2.75, 3.05) is 25.5 Å². The van der Waals surface area contributed by atoms with Gasteiger partial charge >= 0.3 is 6.03 Å². The molecule has 1 aromatic rings. The largest absolute Gasteiger partial charge is 0.490 e. The quantitative estimate of drug-likeness (QED) is 0.622. The van der Waals surface area contributed by atoms with Gasteiger partial charge in [-0.2, -0.15) is 0 Å². The molecule has 0 bridgehead atoms. The predicted molar refractivity (Wildman–Crippen MR) is 121 cm³/mol. The Morgan fingerprint density at radius 1 is 1.25 bits per heavy atom. The predicted octanol–water partition coefficient (Wildman–Crippen LogP) is 2.51. The minimum Gasteiger partial charge on any atom is -0.490 e. The Hall–Kier alpha value is -2.81. The van der Waals surface area contributed by atoms with Crippen LogP contribution in [0.5, 0.6) is 5.75 Å². The average molecular weight is 447 g/mol. The Labute approximate surface area is 189 Å². The summed E-state index contributed by atoms with van der Waals surface area (Å²) < 4.78 is 12.1. The second-order valence-electron chi connectivity index (χ2n) is 8.69. The van der Waals surface area contributed by atoms with E-state index >= 15 is 0 Å². The van der Waals surface area contributed by atoms with Crippen LogP contribution in [0.25, 0.3) is 0 Å². The molecule has 2 aliphatic heterocycles. The molecule has 1 fully saturated rings. The third kappa shape index (κ3) is 5.91. The highest BCUT2D eigenvalue weighted by molar-refractivity contribution is 5.99. The Bertz CT molecular complexity index is 844. The third-order valence-corrected chi connectivity index (χ3v) is 5.67. The number of hydrogen-bond donors (Lipinski definition) is 3. The van der Waals surface area contributed by atoms with E-state index in [2.05, 4.69) is 16.0 Å². The summed E-state index contributed by atoms with van der Waals surface area (Å²) in [5, 5.41) is 8.39. The molecule has 0 saturated carbocycles. The molecule has 3 N–H and O–H groups in total. The number of benzene rings is 1.